The minimum atomic E-state index is 0.453. The lowest BCUT2D eigenvalue weighted by molar-refractivity contribution is 0.276. The number of H-pyrrole nitrogens is 4. The Labute approximate surface area is 732 Å². The molecule has 16 bridgehead atoms. The first-order chi connectivity index (χ1) is 59.9. The van der Waals surface area contributed by atoms with Crippen molar-refractivity contribution in [2.45, 2.75) is 162 Å². The van der Waals surface area contributed by atoms with Crippen molar-refractivity contribution in [2.75, 3.05) is 52.9 Å². The van der Waals surface area contributed by atoms with E-state index in [2.05, 4.69) is 300 Å². The van der Waals surface area contributed by atoms with Gasteiger partial charge in [-0.2, -0.15) is 0 Å². The number of nitrogens with one attached hydrogen (secondary N) is 4. The highest BCUT2D eigenvalue weighted by Gasteiger charge is 2.23. The second kappa shape index (κ2) is 41.2. The lowest BCUT2D eigenvalue weighted by atomic mass is 10.0. The van der Waals surface area contributed by atoms with Crippen LogP contribution in [-0.4, -0.2) is 92.7 Å². The Hall–Kier alpha value is -12.4. The molecular weight excluding hydrogens is 1540 g/mol. The third-order valence-corrected chi connectivity index (χ3v) is 22.0. The fourth-order valence-electron chi connectivity index (χ4n) is 14.8. The van der Waals surface area contributed by atoms with Gasteiger partial charge in [-0.1, -0.05) is 111 Å². The summed E-state index contributed by atoms with van der Waals surface area (Å²) in [6, 6.07) is 45.7. The third-order valence-electron chi connectivity index (χ3n) is 22.0. The predicted octanol–water partition coefficient (Wildman–Crippen LogP) is 27.1. The van der Waals surface area contributed by atoms with Crippen LogP contribution >= 0.6 is 0 Å². The molecule has 0 atom stereocenters. The Morgan fingerprint density at radius 1 is 0.234 bits per heavy atom. The SMILES string of the molecule is CC(C)CCOc1cc(OCCC(C)C)cc(-c2c3nc(c(C#CC#Cc4c5nc(c(-c6cc(OCCC(C)C)cc(OCCC(C)C)c6)c6ccc(cc7nc(c(-c8cc(OCCC(C)C)cc(OCCC(C)C)c8)c8ccc4[nH]8)C=C7)[nH]6)C=C5)c4ccc([nH]4)c(-c4cc(OCCC(C)C)cc(OCCC(C)C)c4)c4nc(cc5ccc2[nH]5)C=C4)C=C3)c1. The number of nitrogens with zero attached hydrogens (tertiary/aromatic N) is 4. The van der Waals surface area contributed by atoms with Gasteiger partial charge in [0.15, 0.2) is 0 Å². The van der Waals surface area contributed by atoms with Gasteiger partial charge in [0.25, 0.3) is 0 Å². The number of hydrogen-bond acceptors (Lipinski definition) is 12. The number of aromatic nitrogens is 8. The summed E-state index contributed by atoms with van der Waals surface area (Å²) >= 11 is 0. The van der Waals surface area contributed by atoms with E-state index in [1.807, 2.05) is 36.4 Å². The molecule has 4 N–H and O–H groups in total. The van der Waals surface area contributed by atoms with E-state index in [-0.39, 0.29) is 0 Å². The molecule has 14 rings (SSSR count). The average Bonchev–Trinajstić information content (AvgIpc) is 1.62. The van der Waals surface area contributed by atoms with E-state index in [0.717, 1.165) is 152 Å². The minimum absolute atomic E-state index is 0.453. The summed E-state index contributed by atoms with van der Waals surface area (Å²) in [6.45, 7) is 39.8. The lowest BCUT2D eigenvalue weighted by Gasteiger charge is -2.14. The highest BCUT2D eigenvalue weighted by molar-refractivity contribution is 5.98. The topological polar surface area (TPSA) is 189 Å². The molecule has 16 nitrogen and oxygen atoms in total. The van der Waals surface area contributed by atoms with Crippen molar-refractivity contribution in [1.82, 2.24) is 39.9 Å². The molecule has 0 saturated heterocycles. The molecule has 0 aliphatic carbocycles. The molecule has 0 radical (unpaired) electrons. The standard InChI is InChI=1S/C108H122N8O8/c1-67(2)37-45-117-83-53-75(54-84(63-83)118-46-38-68(3)4)105-97-25-21-79(109-97)61-80-22-26-98(110-80)106(76-55-85(119-47-39-69(5)6)64-86(56-76)120-48-40-70(7)8)102-34-30-94(114-102)91(93-29-33-101(105)113-93)19-17-18-20-92-95-31-35-103(115-95)107(77-57-87(121-49-41-71(9)10)65-88(58-77)122-50-42-72(11)12)99-27-23-81(111-99)62-82-24-28-100(112-82)108(104-36-32-96(92)116-104)78-59-89(123-51-43-73(13)14)66-90(60-78)124-52-44-74(15)16/h21-36,53-74,109,111,114,116H,37-52H2,1-16H3. The van der Waals surface area contributed by atoms with Crippen LogP contribution in [0.2, 0.25) is 0 Å². The van der Waals surface area contributed by atoms with Crippen LogP contribution in [0.25, 0.3) is 137 Å². The predicted molar refractivity (Wildman–Crippen MR) is 513 cm³/mol. The zero-order chi connectivity index (χ0) is 86.9. The Morgan fingerprint density at radius 2 is 0.452 bits per heavy atom. The molecule has 0 spiro atoms. The minimum Gasteiger partial charge on any atom is -0.493 e. The normalized spacial score (nSPS) is 12.2. The monoisotopic (exact) mass is 1660 g/mol. The van der Waals surface area contributed by atoms with E-state index in [9.17, 15) is 0 Å². The Balaban J connectivity index is 1.03. The second-order valence-electron chi connectivity index (χ2n) is 36.2. The third kappa shape index (κ3) is 23.5. The lowest BCUT2D eigenvalue weighted by Crippen LogP contribution is -2.04. The number of benzene rings is 4. The van der Waals surface area contributed by atoms with Crippen molar-refractivity contribution >= 4 is 92.7 Å². The van der Waals surface area contributed by atoms with E-state index in [0.29, 0.717) is 191 Å². The molecule has 10 aromatic rings. The smallest absolute Gasteiger partial charge is 0.123 e. The Kier molecular flexibility index (Phi) is 29.2. The Bertz CT molecular complexity index is 5460. The van der Waals surface area contributed by atoms with Crippen molar-refractivity contribution in [3.8, 4) is 114 Å². The van der Waals surface area contributed by atoms with E-state index in [1.54, 1.807) is 0 Å². The average molecular weight is 1660 g/mol. The van der Waals surface area contributed by atoms with Crippen LogP contribution in [0.15, 0.2) is 133 Å². The summed E-state index contributed by atoms with van der Waals surface area (Å²) in [4.78, 5) is 37.6. The maximum absolute atomic E-state index is 6.62. The van der Waals surface area contributed by atoms with Crippen molar-refractivity contribution in [2.24, 2.45) is 47.3 Å². The van der Waals surface area contributed by atoms with Gasteiger partial charge in [0, 0.05) is 79.6 Å². The van der Waals surface area contributed by atoms with E-state index >= 15 is 0 Å². The van der Waals surface area contributed by atoms with Gasteiger partial charge < -0.3 is 57.8 Å². The summed E-state index contributed by atoms with van der Waals surface area (Å²) in [7, 11) is 0. The van der Waals surface area contributed by atoms with Crippen LogP contribution in [0.3, 0.4) is 0 Å². The first kappa shape index (κ1) is 87.9. The van der Waals surface area contributed by atoms with Crippen molar-refractivity contribution < 1.29 is 37.9 Å². The van der Waals surface area contributed by atoms with E-state index in [4.69, 9.17) is 57.8 Å². The fraction of sp³-hybridized carbons (Fsp3) is 0.370. The first-order valence-corrected chi connectivity index (χ1v) is 44.9. The molecule has 124 heavy (non-hydrogen) atoms. The van der Waals surface area contributed by atoms with Gasteiger partial charge in [-0.25, -0.2) is 19.9 Å². The van der Waals surface area contributed by atoms with Gasteiger partial charge in [0.2, 0.25) is 0 Å². The zero-order valence-corrected chi connectivity index (χ0v) is 75.3. The highest BCUT2D eigenvalue weighted by Crippen LogP contribution is 2.43. The van der Waals surface area contributed by atoms with Crippen LogP contribution in [0, 0.1) is 71.0 Å². The van der Waals surface area contributed by atoms with Crippen LogP contribution in [0.4, 0.5) is 0 Å². The Morgan fingerprint density at radius 3 is 0.710 bits per heavy atom. The molecule has 0 fully saturated rings. The molecule has 4 aliphatic rings. The van der Waals surface area contributed by atoms with Gasteiger partial charge in [-0.3, -0.25) is 0 Å². The highest BCUT2D eigenvalue weighted by atomic mass is 16.5. The summed E-state index contributed by atoms with van der Waals surface area (Å²) in [5.41, 5.74) is 20.2. The molecule has 0 unspecified atom stereocenters. The van der Waals surface area contributed by atoms with Crippen molar-refractivity contribution in [1.29, 1.82) is 0 Å². The van der Waals surface area contributed by atoms with Gasteiger partial charge >= 0.3 is 0 Å². The molecule has 16 heteroatoms. The molecule has 4 aliphatic heterocycles. The number of ether oxygens (including phenoxy) is 8. The first-order valence-electron chi connectivity index (χ1n) is 44.9. The van der Waals surface area contributed by atoms with Crippen LogP contribution in [0.1, 0.15) is 219 Å². The molecule has 6 aromatic heterocycles. The zero-order valence-electron chi connectivity index (χ0n) is 75.3. The summed E-state index contributed by atoms with van der Waals surface area (Å²) in [5, 5.41) is 0. The largest absolute Gasteiger partial charge is 0.493 e. The number of aromatic amines is 4. The molecule has 642 valence electrons. The van der Waals surface area contributed by atoms with Gasteiger partial charge in [0.1, 0.15) is 46.0 Å². The van der Waals surface area contributed by atoms with Crippen LogP contribution < -0.4 is 37.9 Å². The maximum atomic E-state index is 6.62. The molecule has 4 aromatic carbocycles. The number of rotatable bonds is 36. The second-order valence-corrected chi connectivity index (χ2v) is 36.2. The van der Waals surface area contributed by atoms with E-state index in [1.165, 1.54) is 0 Å². The van der Waals surface area contributed by atoms with Gasteiger partial charge in [0.05, 0.1) is 121 Å². The quantitative estimate of drug-likeness (QED) is 0.0273. The molecular formula is C108H122N8O8. The van der Waals surface area contributed by atoms with Crippen LogP contribution in [-0.2, 0) is 0 Å². The summed E-state index contributed by atoms with van der Waals surface area (Å²) < 4.78 is 52.9. The van der Waals surface area contributed by atoms with Crippen molar-refractivity contribution in [3.05, 3.63) is 190 Å². The van der Waals surface area contributed by atoms with Crippen molar-refractivity contribution in [3.63, 3.8) is 0 Å². The summed E-state index contributed by atoms with van der Waals surface area (Å²) in [5.74, 6) is 23.5. The molecule has 0 saturated carbocycles. The number of fused-ring (bicyclic) bond motifs is 16. The summed E-state index contributed by atoms with van der Waals surface area (Å²) in [6.07, 6.45) is 23.7. The number of hydrogen-bond donors (Lipinski definition) is 4. The van der Waals surface area contributed by atoms with Gasteiger partial charge in [-0.15, -0.1) is 0 Å². The molecule has 10 heterocycles. The van der Waals surface area contributed by atoms with Crippen LogP contribution in [0.5, 0.6) is 46.0 Å². The van der Waals surface area contributed by atoms with Gasteiger partial charge in [-0.05, 0) is 302 Å². The fourth-order valence-corrected chi connectivity index (χ4v) is 14.8. The maximum Gasteiger partial charge on any atom is 0.123 e. The van der Waals surface area contributed by atoms with E-state index < -0.39 is 0 Å². The molecule has 0 amide bonds.